The third-order valence-electron chi connectivity index (χ3n) is 5.66. The summed E-state index contributed by atoms with van der Waals surface area (Å²) in [6, 6.07) is 19.0. The molecule has 4 nitrogen and oxygen atoms in total. The Balaban J connectivity index is 2.24. The second-order valence-electron chi connectivity index (χ2n) is 7.87. The molecule has 0 aliphatic rings. The zero-order chi connectivity index (χ0) is 22.9. The van der Waals surface area contributed by atoms with E-state index >= 15 is 0 Å². The van der Waals surface area contributed by atoms with Crippen LogP contribution in [0, 0.1) is 6.92 Å². The van der Waals surface area contributed by atoms with E-state index in [9.17, 15) is 0 Å². The first-order valence-electron chi connectivity index (χ1n) is 11.5. The molecule has 1 heterocycles. The number of nitrogens with two attached hydrogens (primary N) is 1. The Morgan fingerprint density at radius 3 is 2.44 bits per heavy atom. The van der Waals surface area contributed by atoms with Crippen LogP contribution in [-0.2, 0) is 6.42 Å². The Morgan fingerprint density at radius 1 is 1.06 bits per heavy atom. The molecule has 0 aliphatic carbocycles. The molecule has 0 bridgehead atoms. The van der Waals surface area contributed by atoms with E-state index in [1.165, 1.54) is 22.3 Å². The molecule has 0 atom stereocenters. The van der Waals surface area contributed by atoms with Crippen LogP contribution in [0.5, 0.6) is 5.75 Å². The van der Waals surface area contributed by atoms with Gasteiger partial charge in [0.25, 0.3) is 0 Å². The highest BCUT2D eigenvalue weighted by molar-refractivity contribution is 5.81. The fraction of sp³-hybridized carbons (Fsp3) is 0.321. The van der Waals surface area contributed by atoms with Gasteiger partial charge < -0.3 is 15.8 Å². The minimum absolute atomic E-state index is 0.667. The molecule has 3 rings (SSSR count). The Morgan fingerprint density at radius 2 is 1.81 bits per heavy atom. The number of aryl methyl sites for hydroxylation is 1. The molecule has 0 spiro atoms. The molecular weight excluding hydrogens is 394 g/mol. The van der Waals surface area contributed by atoms with Gasteiger partial charge in [0.15, 0.2) is 0 Å². The molecule has 3 N–H and O–H groups in total. The van der Waals surface area contributed by atoms with E-state index < -0.39 is 0 Å². The fourth-order valence-corrected chi connectivity index (χ4v) is 3.97. The van der Waals surface area contributed by atoms with Gasteiger partial charge in [-0.2, -0.15) is 0 Å². The topological polar surface area (TPSA) is 60.2 Å². The Bertz CT molecular complexity index is 1050. The summed E-state index contributed by atoms with van der Waals surface area (Å²) in [4.78, 5) is 5.18. The summed E-state index contributed by atoms with van der Waals surface area (Å²) in [6.45, 7) is 8.02. The maximum atomic E-state index is 5.72. The van der Waals surface area contributed by atoms with E-state index in [2.05, 4.69) is 74.6 Å². The number of nitrogens with one attached hydrogen (secondary N) is 1. The van der Waals surface area contributed by atoms with Gasteiger partial charge >= 0.3 is 0 Å². The number of hydrogen-bond donors (Lipinski definition) is 2. The van der Waals surface area contributed by atoms with Crippen molar-refractivity contribution in [3.63, 3.8) is 0 Å². The Labute approximate surface area is 192 Å². The maximum Gasteiger partial charge on any atom is 0.118 e. The lowest BCUT2D eigenvalue weighted by Crippen LogP contribution is -2.18. The average molecular weight is 430 g/mol. The van der Waals surface area contributed by atoms with Crippen LogP contribution in [0.1, 0.15) is 43.5 Å². The highest BCUT2D eigenvalue weighted by Crippen LogP contribution is 2.35. The molecule has 168 valence electrons. The van der Waals surface area contributed by atoms with Crippen LogP contribution >= 0.6 is 0 Å². The van der Waals surface area contributed by atoms with Crippen molar-refractivity contribution in [3.8, 4) is 28.1 Å². The highest BCUT2D eigenvalue weighted by atomic mass is 16.5. The number of ether oxygens (including phenoxy) is 1. The van der Waals surface area contributed by atoms with Crippen molar-refractivity contribution in [3.05, 3.63) is 77.5 Å². The zero-order valence-corrected chi connectivity index (χ0v) is 19.7. The number of methoxy groups -OCH3 is 1. The van der Waals surface area contributed by atoms with Crippen molar-refractivity contribution in [2.24, 2.45) is 5.73 Å². The van der Waals surface area contributed by atoms with Crippen LogP contribution in [0.4, 0.5) is 0 Å². The van der Waals surface area contributed by atoms with Gasteiger partial charge in [-0.1, -0.05) is 44.2 Å². The molecule has 0 radical (unpaired) electrons. The summed E-state index contributed by atoms with van der Waals surface area (Å²) in [5.41, 5.74) is 14.9. The lowest BCUT2D eigenvalue weighted by atomic mass is 9.91. The zero-order valence-electron chi connectivity index (χ0n) is 19.7. The van der Waals surface area contributed by atoms with Crippen LogP contribution in [0.25, 0.3) is 28.1 Å². The van der Waals surface area contributed by atoms with E-state index in [0.717, 1.165) is 54.2 Å². The quantitative estimate of drug-likeness (QED) is 0.389. The van der Waals surface area contributed by atoms with E-state index in [4.69, 9.17) is 15.5 Å². The van der Waals surface area contributed by atoms with Crippen LogP contribution in [0.15, 0.2) is 60.7 Å². The molecule has 3 aromatic rings. The van der Waals surface area contributed by atoms with E-state index in [-0.39, 0.29) is 0 Å². The lowest BCUT2D eigenvalue weighted by Gasteiger charge is -2.19. The first kappa shape index (κ1) is 23.6. The van der Waals surface area contributed by atoms with E-state index in [1.807, 2.05) is 12.1 Å². The Kier molecular flexibility index (Phi) is 8.46. The summed E-state index contributed by atoms with van der Waals surface area (Å²) in [7, 11) is 1.69. The first-order valence-corrected chi connectivity index (χ1v) is 11.5. The molecule has 0 saturated carbocycles. The van der Waals surface area contributed by atoms with E-state index in [0.29, 0.717) is 6.54 Å². The molecule has 0 unspecified atom stereocenters. The smallest absolute Gasteiger partial charge is 0.118 e. The van der Waals surface area contributed by atoms with Crippen molar-refractivity contribution in [1.29, 1.82) is 0 Å². The molecule has 0 fully saturated rings. The maximum absolute atomic E-state index is 5.72. The second-order valence-corrected chi connectivity index (χ2v) is 7.87. The van der Waals surface area contributed by atoms with Gasteiger partial charge in [-0.3, -0.25) is 0 Å². The number of benzene rings is 2. The van der Waals surface area contributed by atoms with Gasteiger partial charge in [0.05, 0.1) is 24.2 Å². The van der Waals surface area contributed by atoms with Crippen LogP contribution in [0.2, 0.25) is 0 Å². The molecule has 0 amide bonds. The fourth-order valence-electron chi connectivity index (χ4n) is 3.97. The third-order valence-corrected chi connectivity index (χ3v) is 5.66. The van der Waals surface area contributed by atoms with Gasteiger partial charge in [-0.15, -0.1) is 0 Å². The van der Waals surface area contributed by atoms with Gasteiger partial charge in [0.2, 0.25) is 0 Å². The van der Waals surface area contributed by atoms with Gasteiger partial charge in [0, 0.05) is 12.1 Å². The molecule has 2 aromatic carbocycles. The van der Waals surface area contributed by atoms with Crippen LogP contribution in [-0.4, -0.2) is 25.2 Å². The van der Waals surface area contributed by atoms with Crippen molar-refractivity contribution in [1.82, 2.24) is 10.3 Å². The minimum atomic E-state index is 0.667. The highest BCUT2D eigenvalue weighted by Gasteiger charge is 2.17. The summed E-state index contributed by atoms with van der Waals surface area (Å²) >= 11 is 0. The van der Waals surface area contributed by atoms with Gasteiger partial charge in [-0.25, -0.2) is 4.98 Å². The van der Waals surface area contributed by atoms with Crippen molar-refractivity contribution < 1.29 is 4.74 Å². The summed E-state index contributed by atoms with van der Waals surface area (Å²) in [6.07, 6.45) is 4.96. The Hall–Kier alpha value is -3.11. The monoisotopic (exact) mass is 429 g/mol. The van der Waals surface area contributed by atoms with Crippen molar-refractivity contribution >= 4 is 5.70 Å². The number of hydrogen-bond acceptors (Lipinski definition) is 4. The number of pyridine rings is 1. The van der Waals surface area contributed by atoms with Crippen molar-refractivity contribution in [2.45, 2.75) is 40.0 Å². The normalized spacial score (nSPS) is 11.5. The lowest BCUT2D eigenvalue weighted by molar-refractivity contribution is 0.415. The predicted octanol–water partition coefficient (Wildman–Crippen LogP) is 5.98. The van der Waals surface area contributed by atoms with E-state index in [1.54, 1.807) is 7.11 Å². The first-order chi connectivity index (χ1) is 15.6. The average Bonchev–Trinajstić information content (AvgIpc) is 2.83. The van der Waals surface area contributed by atoms with Crippen LogP contribution in [0.3, 0.4) is 0 Å². The molecular formula is C28H35N3O. The molecule has 1 aromatic heterocycles. The molecule has 0 aliphatic heterocycles. The van der Waals surface area contributed by atoms with Crippen molar-refractivity contribution in [2.75, 3.05) is 20.2 Å². The SMILES string of the molecule is CC/C=C(\NCCCN)c1cc(-c2ccccc2C)c(CC)c(-c2ccc(OC)cc2)n1. The summed E-state index contributed by atoms with van der Waals surface area (Å²) in [5.74, 6) is 0.845. The minimum Gasteiger partial charge on any atom is -0.497 e. The molecule has 4 heteroatoms. The standard InChI is InChI=1S/C28H35N3O/c1-5-10-26(30-18-9-17-29)27-19-25(24-12-8-7-11-20(24)3)23(6-2)28(31-27)21-13-15-22(32-4)16-14-21/h7-8,10-16,19,30H,5-6,9,17-18,29H2,1-4H3/b26-10-. The largest absolute Gasteiger partial charge is 0.497 e. The number of rotatable bonds is 10. The summed E-state index contributed by atoms with van der Waals surface area (Å²) in [5, 5.41) is 3.56. The number of aromatic nitrogens is 1. The number of allylic oxidation sites excluding steroid dienone is 1. The number of nitrogens with zero attached hydrogens (tertiary/aromatic N) is 1. The second kappa shape index (κ2) is 11.5. The summed E-state index contributed by atoms with van der Waals surface area (Å²) < 4.78 is 5.37. The predicted molar refractivity (Wildman–Crippen MR) is 136 cm³/mol. The third kappa shape index (κ3) is 5.38. The molecule has 32 heavy (non-hydrogen) atoms. The van der Waals surface area contributed by atoms with Gasteiger partial charge in [-0.05, 0) is 85.3 Å². The van der Waals surface area contributed by atoms with Gasteiger partial charge in [0.1, 0.15) is 5.75 Å². The van der Waals surface area contributed by atoms with Crippen LogP contribution < -0.4 is 15.8 Å². The molecule has 0 saturated heterocycles.